The number of nitrogens with zero attached hydrogens (tertiary/aromatic N) is 3. The van der Waals surface area contributed by atoms with Crippen LogP contribution in [0.2, 0.25) is 0 Å². The number of fused-ring (bicyclic) bond motifs is 1. The lowest BCUT2D eigenvalue weighted by molar-refractivity contribution is -0.210. The first kappa shape index (κ1) is 22.6. The van der Waals surface area contributed by atoms with Crippen molar-refractivity contribution in [3.63, 3.8) is 0 Å². The van der Waals surface area contributed by atoms with E-state index in [2.05, 4.69) is 65.4 Å². The van der Waals surface area contributed by atoms with Gasteiger partial charge in [-0.05, 0) is 63.1 Å². The van der Waals surface area contributed by atoms with E-state index >= 15 is 0 Å². The molecule has 0 spiro atoms. The van der Waals surface area contributed by atoms with Crippen LogP contribution in [-0.2, 0) is 0 Å². The zero-order valence-electron chi connectivity index (χ0n) is 18.7. The molecule has 2 N–H and O–H groups in total. The Morgan fingerprint density at radius 1 is 1.14 bits per heavy atom. The van der Waals surface area contributed by atoms with E-state index in [0.29, 0.717) is 35.7 Å². The number of thiazole rings is 1. The second-order valence-corrected chi connectivity index (χ2v) is 10.5. The molecule has 0 aliphatic rings. The van der Waals surface area contributed by atoms with Crippen LogP contribution in [0.1, 0.15) is 68.2 Å². The fourth-order valence-corrected chi connectivity index (χ4v) is 5.06. The Hall–Kier alpha value is -1.69. The van der Waals surface area contributed by atoms with Gasteiger partial charge in [0.05, 0.1) is 16.8 Å². The van der Waals surface area contributed by atoms with E-state index < -0.39 is 0 Å². The van der Waals surface area contributed by atoms with Gasteiger partial charge in [0.15, 0.2) is 16.6 Å². The quantitative estimate of drug-likeness (QED) is 0.552. The average molecular weight is 406 g/mol. The Balaban J connectivity index is 2.19. The third-order valence-electron chi connectivity index (χ3n) is 4.76. The van der Waals surface area contributed by atoms with E-state index in [9.17, 15) is 0 Å². The van der Waals surface area contributed by atoms with Crippen LogP contribution >= 0.6 is 11.3 Å². The number of rotatable bonds is 9. The van der Waals surface area contributed by atoms with Crippen molar-refractivity contribution >= 4 is 32.4 Å². The molecule has 0 saturated heterocycles. The Bertz CT molecular complexity index is 784. The van der Waals surface area contributed by atoms with Crippen LogP contribution < -0.4 is 15.2 Å². The summed E-state index contributed by atoms with van der Waals surface area (Å²) in [6.07, 6.45) is 2.19. The number of ether oxygens (including phenoxy) is 1. The standard InChI is InChI=1S/C22H36N4OS/c1-14(2)26(15(3)4)21-24-18-11-19(17(25-23)12-20(18)28-21)27-10-9-16(5)13-22(6,7)8/h11-12,14-16,23H,9-10,13H2,1-8H3/p+1. The highest BCUT2D eigenvalue weighted by molar-refractivity contribution is 7.22. The maximum atomic E-state index is 6.06. The average Bonchev–Trinajstić information content (AvgIpc) is 2.93. The molecular formula is C22H37N4OS+. The number of hydrogen-bond acceptors (Lipinski definition) is 5. The Morgan fingerprint density at radius 3 is 2.32 bits per heavy atom. The molecule has 1 unspecified atom stereocenters. The van der Waals surface area contributed by atoms with Gasteiger partial charge in [-0.15, -0.1) is 0 Å². The van der Waals surface area contributed by atoms with E-state index in [1.54, 1.807) is 11.3 Å². The van der Waals surface area contributed by atoms with Gasteiger partial charge in [-0.25, -0.2) is 4.98 Å². The van der Waals surface area contributed by atoms with Crippen molar-refractivity contribution in [2.24, 2.45) is 16.4 Å². The maximum Gasteiger partial charge on any atom is 0.186 e. The van der Waals surface area contributed by atoms with Gasteiger partial charge in [-0.2, -0.15) is 5.53 Å². The van der Waals surface area contributed by atoms with Gasteiger partial charge in [-0.3, -0.25) is 0 Å². The molecule has 2 rings (SSSR count). The zero-order chi connectivity index (χ0) is 21.1. The van der Waals surface area contributed by atoms with Crippen LogP contribution in [0.5, 0.6) is 5.75 Å². The zero-order valence-corrected chi connectivity index (χ0v) is 19.6. The highest BCUT2D eigenvalue weighted by Gasteiger charge is 2.20. The monoisotopic (exact) mass is 405 g/mol. The molecule has 156 valence electrons. The van der Waals surface area contributed by atoms with Crippen LogP contribution in [0.15, 0.2) is 17.2 Å². The largest absolute Gasteiger partial charge is 0.491 e. The highest BCUT2D eigenvalue weighted by Crippen LogP contribution is 2.38. The third-order valence-corrected chi connectivity index (χ3v) is 5.79. The van der Waals surface area contributed by atoms with Gasteiger partial charge in [0.2, 0.25) is 0 Å². The van der Waals surface area contributed by atoms with E-state index in [4.69, 9.17) is 15.3 Å². The molecule has 1 aromatic heterocycles. The summed E-state index contributed by atoms with van der Waals surface area (Å²) in [6, 6.07) is 4.75. The first-order chi connectivity index (χ1) is 13.0. The minimum absolute atomic E-state index is 0.339. The summed E-state index contributed by atoms with van der Waals surface area (Å²) in [7, 11) is 0. The van der Waals surface area contributed by atoms with Crippen molar-refractivity contribution in [2.75, 3.05) is 11.5 Å². The second-order valence-electron chi connectivity index (χ2n) is 9.52. The summed E-state index contributed by atoms with van der Waals surface area (Å²) in [4.78, 5) is 7.20. The summed E-state index contributed by atoms with van der Waals surface area (Å²) in [5, 5.41) is 4.97. The molecular weight excluding hydrogens is 368 g/mol. The van der Waals surface area contributed by atoms with Crippen molar-refractivity contribution in [3.8, 4) is 5.75 Å². The van der Waals surface area contributed by atoms with Gasteiger partial charge in [-0.1, -0.05) is 39.0 Å². The minimum atomic E-state index is 0.339. The fourth-order valence-electron chi connectivity index (χ4n) is 3.81. The first-order valence-corrected chi connectivity index (χ1v) is 11.1. The van der Waals surface area contributed by atoms with Crippen LogP contribution in [0.3, 0.4) is 0 Å². The van der Waals surface area contributed by atoms with Crippen molar-refractivity contribution in [3.05, 3.63) is 12.1 Å². The van der Waals surface area contributed by atoms with E-state index in [1.165, 1.54) is 6.42 Å². The molecule has 0 saturated carbocycles. The number of aromatic nitrogens is 1. The van der Waals surface area contributed by atoms with Crippen LogP contribution in [0.4, 0.5) is 10.8 Å². The van der Waals surface area contributed by atoms with Crippen molar-refractivity contribution in [1.82, 2.24) is 4.98 Å². The number of nitrogens with two attached hydrogens (primary N) is 1. The van der Waals surface area contributed by atoms with E-state index in [1.807, 2.05) is 12.1 Å². The number of benzene rings is 1. The molecule has 0 aliphatic heterocycles. The minimum Gasteiger partial charge on any atom is -0.491 e. The van der Waals surface area contributed by atoms with Crippen molar-refractivity contribution in [2.45, 2.75) is 80.3 Å². The van der Waals surface area contributed by atoms with Crippen LogP contribution in [0.25, 0.3) is 10.2 Å². The lowest BCUT2D eigenvalue weighted by Crippen LogP contribution is -2.36. The Labute approximate surface area is 174 Å². The lowest BCUT2D eigenvalue weighted by Gasteiger charge is -2.30. The van der Waals surface area contributed by atoms with Gasteiger partial charge in [0.25, 0.3) is 0 Å². The van der Waals surface area contributed by atoms with Crippen molar-refractivity contribution in [1.29, 1.82) is 0 Å². The lowest BCUT2D eigenvalue weighted by atomic mass is 9.84. The molecule has 2 aromatic rings. The normalized spacial score (nSPS) is 13.4. The van der Waals surface area contributed by atoms with Gasteiger partial charge in [0.1, 0.15) is 0 Å². The maximum absolute atomic E-state index is 6.06. The molecule has 6 heteroatoms. The van der Waals surface area contributed by atoms with E-state index in [0.717, 1.165) is 27.5 Å². The van der Waals surface area contributed by atoms with Gasteiger partial charge < -0.3 is 9.64 Å². The van der Waals surface area contributed by atoms with Crippen LogP contribution in [0, 0.1) is 11.3 Å². The second kappa shape index (κ2) is 9.21. The molecule has 0 bridgehead atoms. The van der Waals surface area contributed by atoms with E-state index in [-0.39, 0.29) is 0 Å². The molecule has 0 aliphatic carbocycles. The third kappa shape index (κ3) is 5.90. The SMILES string of the molecule is CC(CCOc1cc2nc(N(C(C)C)C(C)C)sc2cc1N=[NH2+])CC(C)(C)C. The van der Waals surface area contributed by atoms with Gasteiger partial charge >= 0.3 is 0 Å². The predicted molar refractivity (Wildman–Crippen MR) is 120 cm³/mol. The van der Waals surface area contributed by atoms with Crippen molar-refractivity contribution < 1.29 is 10.3 Å². The Kier molecular flexibility index (Phi) is 7.43. The Morgan fingerprint density at radius 2 is 1.79 bits per heavy atom. The fraction of sp³-hybridized carbons (Fsp3) is 0.682. The molecule has 5 nitrogen and oxygen atoms in total. The molecule has 0 amide bonds. The molecule has 1 heterocycles. The topological polar surface area (TPSA) is 63.3 Å². The first-order valence-electron chi connectivity index (χ1n) is 10.3. The number of hydrogen-bond donors (Lipinski definition) is 1. The molecule has 1 atom stereocenters. The smallest absolute Gasteiger partial charge is 0.186 e. The highest BCUT2D eigenvalue weighted by atomic mass is 32.1. The predicted octanol–water partition coefficient (Wildman–Crippen LogP) is 5.60. The molecule has 0 fully saturated rings. The molecule has 1 aromatic carbocycles. The number of anilines is 1. The molecule has 28 heavy (non-hydrogen) atoms. The summed E-state index contributed by atoms with van der Waals surface area (Å²) < 4.78 is 7.15. The summed E-state index contributed by atoms with van der Waals surface area (Å²) in [6.45, 7) is 18.6. The summed E-state index contributed by atoms with van der Waals surface area (Å²) >= 11 is 1.68. The molecule has 0 radical (unpaired) electrons. The summed E-state index contributed by atoms with van der Waals surface area (Å²) in [5.41, 5.74) is 7.61. The van der Waals surface area contributed by atoms with Gasteiger partial charge in [0, 0.05) is 18.2 Å². The van der Waals surface area contributed by atoms with Crippen LogP contribution in [-0.4, -0.2) is 23.7 Å². The summed E-state index contributed by atoms with van der Waals surface area (Å²) in [5.74, 6) is 1.33.